The minimum Gasteiger partial charge on any atom is -0.309 e. The molecule has 15 rings (SSSR count). The van der Waals surface area contributed by atoms with E-state index in [1.54, 1.807) is 0 Å². The summed E-state index contributed by atoms with van der Waals surface area (Å²) in [6.07, 6.45) is 0. The number of hydrogen-bond donors (Lipinski definition) is 0. The molecule has 0 spiro atoms. The van der Waals surface area contributed by atoms with Gasteiger partial charge in [0.15, 0.2) is 11.6 Å². The fourth-order valence-corrected chi connectivity index (χ4v) is 12.0. The molecule has 3 heterocycles. The van der Waals surface area contributed by atoms with Crippen LogP contribution in [0.4, 0.5) is 0 Å². The fourth-order valence-electron chi connectivity index (χ4n) is 12.0. The lowest BCUT2D eigenvalue weighted by Crippen LogP contribution is -2.14. The maximum absolute atomic E-state index is 5.42. The van der Waals surface area contributed by atoms with Gasteiger partial charge in [0.1, 0.15) is 0 Å². The highest BCUT2D eigenvalue weighted by molar-refractivity contribution is 6.26. The van der Waals surface area contributed by atoms with E-state index in [2.05, 4.69) is 229 Å². The van der Waals surface area contributed by atoms with E-state index < -0.39 is 0 Å². The Labute approximate surface area is 409 Å². The molecule has 5 nitrogen and oxygen atoms in total. The van der Waals surface area contributed by atoms with E-state index in [0.717, 1.165) is 49.7 Å². The topological polar surface area (TPSA) is 48.5 Å². The highest BCUT2D eigenvalue weighted by Gasteiger charge is 2.35. The monoisotopic (exact) mass is 905 g/mol. The molecule has 0 saturated heterocycles. The van der Waals surface area contributed by atoms with Crippen LogP contribution in [0.15, 0.2) is 224 Å². The Balaban J connectivity index is 0.919. The second kappa shape index (κ2) is 14.9. The Morgan fingerprint density at radius 2 is 0.803 bits per heavy atom. The number of nitrogens with zero attached hydrogens (tertiary/aromatic N) is 5. The van der Waals surface area contributed by atoms with Crippen molar-refractivity contribution >= 4 is 75.9 Å². The van der Waals surface area contributed by atoms with Gasteiger partial charge >= 0.3 is 0 Å². The van der Waals surface area contributed by atoms with Crippen LogP contribution < -0.4 is 0 Å². The molecular formula is C66H43N5. The molecule has 0 unspecified atom stereocenters. The number of aromatic nitrogens is 5. The van der Waals surface area contributed by atoms with E-state index in [1.165, 1.54) is 76.5 Å². The van der Waals surface area contributed by atoms with Crippen LogP contribution >= 0.6 is 0 Å². The van der Waals surface area contributed by atoms with Crippen LogP contribution in [-0.2, 0) is 5.41 Å². The number of para-hydroxylation sites is 2. The molecule has 332 valence electrons. The standard InChI is InChI=1S/C66H43N5/c1-66(2)57-25-13-10-22-50(57)54-37-43(31-35-58(54)66)64-67-63(41-16-4-3-5-17-41)68-65(69-64)71-60-27-15-12-24-52(60)56-38-55-51-23-11-14-26-59(51)70(61(55)39-62(56)71)44-32-28-40(29-33-44)42-30-34-49-47-20-7-6-18-45(47)46-19-8-9-21-48(46)53(49)36-42/h3-39H,1-2H3. The van der Waals surface area contributed by atoms with Crippen molar-refractivity contribution in [1.29, 1.82) is 0 Å². The van der Waals surface area contributed by atoms with Crippen LogP contribution in [0.2, 0.25) is 0 Å². The van der Waals surface area contributed by atoms with E-state index in [4.69, 9.17) is 15.0 Å². The van der Waals surface area contributed by atoms with Gasteiger partial charge in [-0.1, -0.05) is 190 Å². The zero-order valence-corrected chi connectivity index (χ0v) is 39.1. The van der Waals surface area contributed by atoms with Gasteiger partial charge in [-0.3, -0.25) is 4.57 Å². The quantitative estimate of drug-likeness (QED) is 0.162. The Hall–Kier alpha value is -9.19. The van der Waals surface area contributed by atoms with Gasteiger partial charge in [-0.2, -0.15) is 9.97 Å². The molecule has 0 radical (unpaired) electrons. The van der Waals surface area contributed by atoms with Gasteiger partial charge < -0.3 is 4.57 Å². The van der Waals surface area contributed by atoms with Crippen LogP contribution in [-0.4, -0.2) is 24.1 Å². The van der Waals surface area contributed by atoms with Gasteiger partial charge in [-0.05, 0) is 114 Å². The highest BCUT2D eigenvalue weighted by atomic mass is 15.2. The third-order valence-corrected chi connectivity index (χ3v) is 15.4. The summed E-state index contributed by atoms with van der Waals surface area (Å²) in [7, 11) is 0. The maximum atomic E-state index is 5.42. The highest BCUT2D eigenvalue weighted by Crippen LogP contribution is 2.50. The fraction of sp³-hybridized carbons (Fsp3) is 0.0455. The molecular weight excluding hydrogens is 863 g/mol. The van der Waals surface area contributed by atoms with Crippen molar-refractivity contribution in [1.82, 2.24) is 24.1 Å². The molecule has 1 aliphatic rings. The molecule has 0 bridgehead atoms. The van der Waals surface area contributed by atoms with E-state index >= 15 is 0 Å². The normalized spacial score (nSPS) is 13.0. The third kappa shape index (κ3) is 5.84. The Bertz CT molecular complexity index is 4500. The maximum Gasteiger partial charge on any atom is 0.238 e. The van der Waals surface area contributed by atoms with Gasteiger partial charge in [0.2, 0.25) is 5.95 Å². The molecule has 0 aliphatic heterocycles. The summed E-state index contributed by atoms with van der Waals surface area (Å²) in [5.74, 6) is 1.83. The molecule has 1 aliphatic carbocycles. The van der Waals surface area contributed by atoms with Crippen molar-refractivity contribution in [2.75, 3.05) is 0 Å². The molecule has 3 aromatic heterocycles. The Morgan fingerprint density at radius 1 is 0.296 bits per heavy atom. The van der Waals surface area contributed by atoms with Gasteiger partial charge in [-0.15, -0.1) is 0 Å². The van der Waals surface area contributed by atoms with Crippen molar-refractivity contribution in [3.05, 3.63) is 236 Å². The first-order valence-corrected chi connectivity index (χ1v) is 24.4. The van der Waals surface area contributed by atoms with Crippen LogP contribution in [0.1, 0.15) is 25.0 Å². The molecule has 0 saturated carbocycles. The summed E-state index contributed by atoms with van der Waals surface area (Å²) < 4.78 is 4.65. The van der Waals surface area contributed by atoms with Crippen molar-refractivity contribution in [2.24, 2.45) is 0 Å². The van der Waals surface area contributed by atoms with Crippen molar-refractivity contribution < 1.29 is 0 Å². The molecule has 0 amide bonds. The predicted octanol–water partition coefficient (Wildman–Crippen LogP) is 16.8. The first-order chi connectivity index (χ1) is 35.0. The number of fused-ring (bicyclic) bond motifs is 15. The average molecular weight is 906 g/mol. The lowest BCUT2D eigenvalue weighted by atomic mass is 9.82. The van der Waals surface area contributed by atoms with Crippen LogP contribution in [0.25, 0.3) is 133 Å². The molecule has 11 aromatic carbocycles. The lowest BCUT2D eigenvalue weighted by Gasteiger charge is -2.21. The SMILES string of the molecule is CC1(C)c2ccccc2-c2cc(-c3nc(-c4ccccc4)nc(-n4c5ccccc5c5cc6c7ccccc7n(-c7ccc(-c8ccc9c%10ccccc%10c%10ccccc%10c9c8)cc7)c6cc54)n3)ccc21. The number of benzene rings is 11. The molecule has 14 aromatic rings. The second-order valence-electron chi connectivity index (χ2n) is 19.6. The summed E-state index contributed by atoms with van der Waals surface area (Å²) in [5, 5.41) is 12.3. The van der Waals surface area contributed by atoms with Crippen LogP contribution in [0.3, 0.4) is 0 Å². The molecule has 0 N–H and O–H groups in total. The molecule has 0 fully saturated rings. The van der Waals surface area contributed by atoms with E-state index in [0.29, 0.717) is 17.6 Å². The first-order valence-electron chi connectivity index (χ1n) is 24.4. The molecule has 0 atom stereocenters. The zero-order valence-electron chi connectivity index (χ0n) is 39.1. The smallest absolute Gasteiger partial charge is 0.238 e. The van der Waals surface area contributed by atoms with Gasteiger partial charge in [0.25, 0.3) is 0 Å². The summed E-state index contributed by atoms with van der Waals surface area (Å²) >= 11 is 0. The van der Waals surface area contributed by atoms with Crippen molar-refractivity contribution in [2.45, 2.75) is 19.3 Å². The predicted molar refractivity (Wildman–Crippen MR) is 295 cm³/mol. The van der Waals surface area contributed by atoms with Gasteiger partial charge in [0.05, 0.1) is 22.1 Å². The Kier molecular flexibility index (Phi) is 8.35. The third-order valence-electron chi connectivity index (χ3n) is 15.4. The minimum absolute atomic E-state index is 0.105. The van der Waals surface area contributed by atoms with Crippen LogP contribution in [0, 0.1) is 0 Å². The van der Waals surface area contributed by atoms with Gasteiger partial charge in [0, 0.05) is 43.8 Å². The zero-order chi connectivity index (χ0) is 47.0. The number of hydrogen-bond acceptors (Lipinski definition) is 3. The van der Waals surface area contributed by atoms with E-state index in [1.807, 2.05) is 18.2 Å². The summed E-state index contributed by atoms with van der Waals surface area (Å²) in [6.45, 7) is 4.63. The molecule has 5 heteroatoms. The summed E-state index contributed by atoms with van der Waals surface area (Å²) in [5.41, 5.74) is 14.7. The number of rotatable bonds is 5. The van der Waals surface area contributed by atoms with Crippen molar-refractivity contribution in [3.63, 3.8) is 0 Å². The summed E-state index contributed by atoms with van der Waals surface area (Å²) in [6, 6.07) is 81.5. The van der Waals surface area contributed by atoms with E-state index in [-0.39, 0.29) is 5.41 Å². The average Bonchev–Trinajstić information content (AvgIpc) is 4.02. The van der Waals surface area contributed by atoms with E-state index in [9.17, 15) is 0 Å². The van der Waals surface area contributed by atoms with Crippen molar-refractivity contribution in [3.8, 4) is 56.7 Å². The summed E-state index contributed by atoms with van der Waals surface area (Å²) in [4.78, 5) is 16.0. The first kappa shape index (κ1) is 39.8. The molecule has 71 heavy (non-hydrogen) atoms. The largest absolute Gasteiger partial charge is 0.309 e. The lowest BCUT2D eigenvalue weighted by molar-refractivity contribution is 0.660. The van der Waals surface area contributed by atoms with Gasteiger partial charge in [-0.25, -0.2) is 4.98 Å². The Morgan fingerprint density at radius 3 is 1.49 bits per heavy atom. The second-order valence-corrected chi connectivity index (χ2v) is 19.6. The van der Waals surface area contributed by atoms with Crippen LogP contribution in [0.5, 0.6) is 0 Å². The minimum atomic E-state index is -0.105.